The number of nitriles is 1. The van der Waals surface area contributed by atoms with Gasteiger partial charge in [0.25, 0.3) is 5.56 Å². The topological polar surface area (TPSA) is 108 Å². The van der Waals surface area contributed by atoms with Crippen LogP contribution in [0.3, 0.4) is 0 Å². The second-order valence-corrected chi connectivity index (χ2v) is 10.8. The molecule has 1 aromatic heterocycles. The Balaban J connectivity index is 1.80. The van der Waals surface area contributed by atoms with Gasteiger partial charge in [-0.25, -0.2) is 13.4 Å². The number of hydrogen-bond acceptors (Lipinski definition) is 7. The Bertz CT molecular complexity index is 1500. The summed E-state index contributed by atoms with van der Waals surface area (Å²) in [6.45, 7) is 3.86. The normalized spacial score (nSPS) is 15.2. The largest absolute Gasteiger partial charge is 0.416 e. The van der Waals surface area contributed by atoms with Crippen molar-refractivity contribution in [2.45, 2.75) is 31.1 Å². The van der Waals surface area contributed by atoms with Crippen LogP contribution in [0.5, 0.6) is 0 Å². The third kappa shape index (κ3) is 5.28. The number of nitrogens with zero attached hydrogens (tertiary/aromatic N) is 4. The van der Waals surface area contributed by atoms with Crippen LogP contribution >= 0.6 is 0 Å². The maximum atomic E-state index is 14.0. The van der Waals surface area contributed by atoms with Crippen molar-refractivity contribution in [3.05, 3.63) is 69.3 Å². The highest BCUT2D eigenvalue weighted by atomic mass is 32.2. The number of rotatable bonds is 6. The van der Waals surface area contributed by atoms with Gasteiger partial charge in [0.05, 0.1) is 51.6 Å². The van der Waals surface area contributed by atoms with E-state index in [1.807, 2.05) is 11.0 Å². The van der Waals surface area contributed by atoms with E-state index in [-0.39, 0.29) is 51.3 Å². The lowest BCUT2D eigenvalue weighted by molar-refractivity contribution is -0.138. The summed E-state index contributed by atoms with van der Waals surface area (Å²) in [5, 5.41) is 12.2. The summed E-state index contributed by atoms with van der Waals surface area (Å²) in [6.07, 6.45) is -3.48. The highest BCUT2D eigenvalue weighted by Gasteiger charge is 2.34. The summed E-state index contributed by atoms with van der Waals surface area (Å²) in [5.74, 6) is -0.193. The Morgan fingerprint density at radius 2 is 1.83 bits per heavy atom. The maximum Gasteiger partial charge on any atom is 0.416 e. The molecular weight excluding hydrogens is 495 g/mol. The van der Waals surface area contributed by atoms with Crippen LogP contribution in [0, 0.1) is 11.3 Å². The summed E-state index contributed by atoms with van der Waals surface area (Å²) in [4.78, 5) is 19.3. The Morgan fingerprint density at radius 3 is 2.47 bits per heavy atom. The van der Waals surface area contributed by atoms with Crippen molar-refractivity contribution in [3.63, 3.8) is 0 Å². The summed E-state index contributed by atoms with van der Waals surface area (Å²) in [7, 11) is -3.68. The van der Waals surface area contributed by atoms with Crippen molar-refractivity contribution < 1.29 is 21.6 Å². The monoisotopic (exact) mass is 519 g/mol. The van der Waals surface area contributed by atoms with Gasteiger partial charge in [-0.3, -0.25) is 14.3 Å². The Hall–Kier alpha value is -3.27. The van der Waals surface area contributed by atoms with Crippen molar-refractivity contribution in [2.75, 3.05) is 31.9 Å². The molecule has 0 bridgehead atoms. The number of piperazine rings is 1. The molecule has 0 unspecified atom stereocenters. The Kier molecular flexibility index (Phi) is 7.17. The molecule has 3 aromatic rings. The lowest BCUT2D eigenvalue weighted by Crippen LogP contribution is -2.43. The molecule has 0 aliphatic carbocycles. The van der Waals surface area contributed by atoms with E-state index < -0.39 is 27.1 Å². The highest BCUT2D eigenvalue weighted by molar-refractivity contribution is 7.91. The molecule has 0 spiro atoms. The molecule has 12 heteroatoms. The van der Waals surface area contributed by atoms with E-state index in [2.05, 4.69) is 10.3 Å². The molecule has 0 amide bonds. The first-order chi connectivity index (χ1) is 17.0. The van der Waals surface area contributed by atoms with Crippen LogP contribution in [0.2, 0.25) is 0 Å². The number of alkyl halides is 3. The zero-order valence-corrected chi connectivity index (χ0v) is 20.3. The van der Waals surface area contributed by atoms with Crippen LogP contribution in [0.15, 0.2) is 46.3 Å². The number of nitrogens with one attached hydrogen (secondary N) is 1. The molecule has 1 N–H and O–H groups in total. The van der Waals surface area contributed by atoms with Gasteiger partial charge < -0.3 is 5.32 Å². The summed E-state index contributed by atoms with van der Waals surface area (Å²) < 4.78 is 68.0. The van der Waals surface area contributed by atoms with Crippen molar-refractivity contribution >= 4 is 20.7 Å². The minimum atomic E-state index is -4.67. The molecule has 0 saturated carbocycles. The molecule has 36 heavy (non-hydrogen) atoms. The average molecular weight is 520 g/mol. The van der Waals surface area contributed by atoms with Gasteiger partial charge in [-0.1, -0.05) is 6.92 Å². The van der Waals surface area contributed by atoms with Gasteiger partial charge in [-0.05, 0) is 41.5 Å². The third-order valence-corrected chi connectivity index (χ3v) is 8.03. The van der Waals surface area contributed by atoms with E-state index in [0.29, 0.717) is 26.2 Å². The van der Waals surface area contributed by atoms with Gasteiger partial charge in [-0.2, -0.15) is 18.4 Å². The standard InChI is InChI=1S/C24H24F3N5O3S/c1-2-36(34,35)22-4-3-16(12-28)9-18(22)14-32-15-30-21-10-17(13-31-7-5-29-6-8-31)20(24(25,26)27)11-19(21)23(32)33/h3-4,9-11,15,29H,2,5-8,13-14H2,1H3. The Labute approximate surface area is 205 Å². The molecule has 4 rings (SSSR count). The molecule has 1 aliphatic rings. The minimum absolute atomic E-state index is 0.0413. The molecule has 190 valence electrons. The molecule has 0 atom stereocenters. The third-order valence-electron chi connectivity index (χ3n) is 6.20. The number of hydrogen-bond donors (Lipinski definition) is 1. The summed E-state index contributed by atoms with van der Waals surface area (Å²) in [6, 6.07) is 8.08. The number of halogens is 3. The second kappa shape index (κ2) is 10.0. The van der Waals surface area contributed by atoms with E-state index >= 15 is 0 Å². The molecule has 1 aliphatic heterocycles. The van der Waals surface area contributed by atoms with Crippen LogP contribution in [0.25, 0.3) is 10.9 Å². The quantitative estimate of drug-likeness (QED) is 0.533. The zero-order chi connectivity index (χ0) is 26.1. The molecule has 2 heterocycles. The molecule has 0 radical (unpaired) electrons. The number of benzene rings is 2. The fraction of sp³-hybridized carbons (Fsp3) is 0.375. The predicted molar refractivity (Wildman–Crippen MR) is 127 cm³/mol. The summed E-state index contributed by atoms with van der Waals surface area (Å²) in [5.41, 5.74) is -1.09. The molecule has 2 aromatic carbocycles. The van der Waals surface area contributed by atoms with Crippen molar-refractivity contribution in [3.8, 4) is 6.07 Å². The fourth-order valence-electron chi connectivity index (χ4n) is 4.28. The minimum Gasteiger partial charge on any atom is -0.314 e. The maximum absolute atomic E-state index is 14.0. The zero-order valence-electron chi connectivity index (χ0n) is 19.5. The fourth-order valence-corrected chi connectivity index (χ4v) is 5.39. The number of fused-ring (bicyclic) bond motifs is 1. The molecule has 1 saturated heterocycles. The van der Waals surface area contributed by atoms with E-state index in [9.17, 15) is 31.6 Å². The van der Waals surface area contributed by atoms with Gasteiger partial charge >= 0.3 is 6.18 Å². The first-order valence-corrected chi connectivity index (χ1v) is 13.0. The SMILES string of the molecule is CCS(=O)(=O)c1ccc(C#N)cc1Cn1cnc2cc(CN3CCNCC3)c(C(F)(F)F)cc2c1=O. The average Bonchev–Trinajstić information content (AvgIpc) is 2.85. The van der Waals surface area contributed by atoms with E-state index in [1.54, 1.807) is 0 Å². The smallest absolute Gasteiger partial charge is 0.314 e. The predicted octanol–water partition coefficient (Wildman–Crippen LogP) is 2.53. The molecular formula is C24H24F3N5O3S. The van der Waals surface area contributed by atoms with Crippen LogP contribution in [0.1, 0.15) is 29.2 Å². The van der Waals surface area contributed by atoms with Crippen LogP contribution in [-0.4, -0.2) is 54.8 Å². The van der Waals surface area contributed by atoms with Crippen molar-refractivity contribution in [2.24, 2.45) is 0 Å². The van der Waals surface area contributed by atoms with Gasteiger partial charge in [0.2, 0.25) is 0 Å². The van der Waals surface area contributed by atoms with Crippen molar-refractivity contribution in [1.82, 2.24) is 19.8 Å². The van der Waals surface area contributed by atoms with Gasteiger partial charge in [0.1, 0.15) is 0 Å². The van der Waals surface area contributed by atoms with Gasteiger partial charge in [-0.15, -0.1) is 0 Å². The second-order valence-electron chi connectivity index (χ2n) is 8.57. The van der Waals surface area contributed by atoms with Crippen molar-refractivity contribution in [1.29, 1.82) is 5.26 Å². The number of sulfone groups is 1. The van der Waals surface area contributed by atoms with Crippen LogP contribution in [-0.2, 0) is 29.1 Å². The molecule has 8 nitrogen and oxygen atoms in total. The Morgan fingerprint density at radius 1 is 1.11 bits per heavy atom. The van der Waals surface area contributed by atoms with Crippen LogP contribution in [0.4, 0.5) is 13.2 Å². The first-order valence-electron chi connectivity index (χ1n) is 11.3. The number of aromatic nitrogens is 2. The molecule has 1 fully saturated rings. The van der Waals surface area contributed by atoms with E-state index in [4.69, 9.17) is 0 Å². The van der Waals surface area contributed by atoms with Gasteiger partial charge in [0.15, 0.2) is 9.84 Å². The van der Waals surface area contributed by atoms with Crippen LogP contribution < -0.4 is 10.9 Å². The summed E-state index contributed by atoms with van der Waals surface area (Å²) >= 11 is 0. The highest BCUT2D eigenvalue weighted by Crippen LogP contribution is 2.34. The first kappa shape index (κ1) is 25.8. The van der Waals surface area contributed by atoms with E-state index in [0.717, 1.165) is 10.6 Å². The van der Waals surface area contributed by atoms with Gasteiger partial charge in [0, 0.05) is 32.7 Å². The lowest BCUT2D eigenvalue weighted by atomic mass is 10.0. The van der Waals surface area contributed by atoms with E-state index in [1.165, 1.54) is 37.5 Å². The lowest BCUT2D eigenvalue weighted by Gasteiger charge is -2.28.